The van der Waals surface area contributed by atoms with Gasteiger partial charge in [-0.15, -0.1) is 0 Å². The van der Waals surface area contributed by atoms with Crippen LogP contribution < -0.4 is 0 Å². The molecular formula is C11H7GaN2S. The molecule has 0 saturated carbocycles. The molecule has 0 saturated heterocycles. The summed E-state index contributed by atoms with van der Waals surface area (Å²) in [6.45, 7) is 0. The molecule has 15 heavy (non-hydrogen) atoms. The van der Waals surface area contributed by atoms with Gasteiger partial charge in [-0.3, -0.25) is 0 Å². The summed E-state index contributed by atoms with van der Waals surface area (Å²) < 4.78 is 2.25. The molecule has 0 unspecified atom stereocenters. The van der Waals surface area contributed by atoms with Gasteiger partial charge in [0.2, 0.25) is 0 Å². The van der Waals surface area contributed by atoms with E-state index in [4.69, 9.17) is 0 Å². The van der Waals surface area contributed by atoms with Gasteiger partial charge in [0, 0.05) is 0 Å². The fourth-order valence-corrected chi connectivity index (χ4v) is 3.44. The van der Waals surface area contributed by atoms with Crippen LogP contribution >= 0.6 is 11.3 Å². The van der Waals surface area contributed by atoms with Gasteiger partial charge in [-0.25, -0.2) is 0 Å². The Bertz CT molecular complexity index is 598. The number of nitrogens with zero attached hydrogens (tertiary/aromatic N) is 2. The van der Waals surface area contributed by atoms with Crippen LogP contribution in [0.1, 0.15) is 0 Å². The third-order valence-electron chi connectivity index (χ3n) is 2.40. The molecule has 0 amide bonds. The third kappa shape index (κ3) is 1.45. The van der Waals surface area contributed by atoms with Crippen LogP contribution in [0.5, 0.6) is 0 Å². The molecule has 4 heteroatoms. The van der Waals surface area contributed by atoms with Crippen LogP contribution in [-0.2, 0) is 0 Å². The van der Waals surface area contributed by atoms with E-state index in [9.17, 15) is 0 Å². The van der Waals surface area contributed by atoms with E-state index in [0.29, 0.717) is 0 Å². The molecule has 0 N–H and O–H groups in total. The SMILES string of the molecule is [Ga][n]1c(-c2nccs2)cc2ccccc21. The zero-order valence-electron chi connectivity index (χ0n) is 7.92. The molecule has 0 aliphatic heterocycles. The zero-order chi connectivity index (χ0) is 10.3. The summed E-state index contributed by atoms with van der Waals surface area (Å²) in [4.78, 5) is 4.35. The molecule has 0 bridgehead atoms. The number of benzene rings is 1. The summed E-state index contributed by atoms with van der Waals surface area (Å²) in [6.07, 6.45) is 1.85. The van der Waals surface area contributed by atoms with Gasteiger partial charge in [-0.1, -0.05) is 0 Å². The van der Waals surface area contributed by atoms with Crippen molar-refractivity contribution in [3.63, 3.8) is 0 Å². The van der Waals surface area contributed by atoms with E-state index in [1.54, 1.807) is 30.2 Å². The minimum absolute atomic E-state index is 1.09. The van der Waals surface area contributed by atoms with Crippen molar-refractivity contribution < 1.29 is 0 Å². The molecule has 0 spiro atoms. The summed E-state index contributed by atoms with van der Waals surface area (Å²) in [5, 5.41) is 4.39. The second-order valence-corrected chi connectivity index (χ2v) is 5.27. The van der Waals surface area contributed by atoms with E-state index in [-0.39, 0.29) is 0 Å². The van der Waals surface area contributed by atoms with Crippen molar-refractivity contribution in [1.82, 2.24) is 8.26 Å². The number of rotatable bonds is 1. The summed E-state index contributed by atoms with van der Waals surface area (Å²) in [6, 6.07) is 10.6. The molecule has 2 aromatic heterocycles. The quantitative estimate of drug-likeness (QED) is 0.621. The molecule has 0 aliphatic rings. The van der Waals surface area contributed by atoms with Gasteiger partial charge < -0.3 is 0 Å². The predicted octanol–water partition coefficient (Wildman–Crippen LogP) is 2.70. The number of hydrogen-bond donors (Lipinski definition) is 0. The Morgan fingerprint density at radius 3 is 2.87 bits per heavy atom. The van der Waals surface area contributed by atoms with Crippen molar-refractivity contribution in [3.05, 3.63) is 41.9 Å². The molecule has 3 rings (SSSR count). The Labute approximate surface area is 102 Å². The summed E-state index contributed by atoms with van der Waals surface area (Å²) >= 11 is 3.27. The van der Waals surface area contributed by atoms with Crippen molar-refractivity contribution >= 4 is 41.1 Å². The van der Waals surface area contributed by atoms with Crippen LogP contribution in [0.25, 0.3) is 21.6 Å². The average Bonchev–Trinajstić information content (AvgIpc) is 2.87. The van der Waals surface area contributed by atoms with Crippen molar-refractivity contribution in [3.8, 4) is 10.7 Å². The Balaban J connectivity index is 2.33. The molecule has 0 fully saturated rings. The Morgan fingerprint density at radius 1 is 1.27 bits per heavy atom. The van der Waals surface area contributed by atoms with E-state index in [2.05, 4.69) is 38.6 Å². The normalized spacial score (nSPS) is 10.9. The first-order valence-corrected chi connectivity index (χ1v) is 6.58. The molecule has 70 valence electrons. The van der Waals surface area contributed by atoms with Crippen LogP contribution in [0.4, 0.5) is 0 Å². The van der Waals surface area contributed by atoms with Crippen molar-refractivity contribution in [1.29, 1.82) is 0 Å². The molecular weight excluding hydrogens is 262 g/mol. The first-order valence-electron chi connectivity index (χ1n) is 4.62. The maximum atomic E-state index is 4.35. The van der Waals surface area contributed by atoms with E-state index in [1.807, 2.05) is 11.6 Å². The zero-order valence-corrected chi connectivity index (χ0v) is 11.2. The third-order valence-corrected chi connectivity index (χ3v) is 4.36. The predicted molar refractivity (Wildman–Crippen MR) is 64.2 cm³/mol. The van der Waals surface area contributed by atoms with Crippen LogP contribution in [0.2, 0.25) is 0 Å². The van der Waals surface area contributed by atoms with E-state index < -0.39 is 0 Å². The Kier molecular flexibility index (Phi) is 2.20. The van der Waals surface area contributed by atoms with Gasteiger partial charge in [0.25, 0.3) is 0 Å². The van der Waals surface area contributed by atoms with Crippen LogP contribution in [0, 0.1) is 0 Å². The molecule has 2 nitrogen and oxygen atoms in total. The van der Waals surface area contributed by atoms with E-state index in [0.717, 1.165) is 5.01 Å². The number of para-hydroxylation sites is 1. The number of thiazole rings is 1. The van der Waals surface area contributed by atoms with Crippen molar-refractivity contribution in [2.24, 2.45) is 0 Å². The summed E-state index contributed by atoms with van der Waals surface area (Å²) in [7, 11) is 0. The minimum atomic E-state index is 1.09. The second-order valence-electron chi connectivity index (χ2n) is 3.30. The van der Waals surface area contributed by atoms with Gasteiger partial charge in [-0.2, -0.15) is 0 Å². The Morgan fingerprint density at radius 2 is 2.13 bits per heavy atom. The van der Waals surface area contributed by atoms with Gasteiger partial charge in [0.05, 0.1) is 0 Å². The van der Waals surface area contributed by atoms with E-state index in [1.165, 1.54) is 16.6 Å². The van der Waals surface area contributed by atoms with Gasteiger partial charge >= 0.3 is 102 Å². The molecule has 2 heterocycles. The standard InChI is InChI=1S/C11H7N2S.Ga/c1-2-4-9-8(3-1)7-10(13-9)11-12-5-6-14-11;/h1-7H;/q-1;+1. The number of aromatic nitrogens is 2. The van der Waals surface area contributed by atoms with Crippen LogP contribution in [-0.4, -0.2) is 27.1 Å². The molecule has 0 aliphatic carbocycles. The topological polar surface area (TPSA) is 17.8 Å². The summed E-state index contributed by atoms with van der Waals surface area (Å²) in [5.41, 5.74) is 2.49. The van der Waals surface area contributed by atoms with Gasteiger partial charge in [0.1, 0.15) is 0 Å². The van der Waals surface area contributed by atoms with Crippen molar-refractivity contribution in [2.45, 2.75) is 0 Å². The van der Waals surface area contributed by atoms with E-state index >= 15 is 0 Å². The summed E-state index contributed by atoms with van der Waals surface area (Å²) in [5.74, 6) is 0. The fraction of sp³-hybridized carbons (Fsp3) is 0. The molecule has 0 atom stereocenters. The maximum absolute atomic E-state index is 4.35. The first-order chi connectivity index (χ1) is 7.36. The van der Waals surface area contributed by atoms with Gasteiger partial charge in [-0.05, 0) is 0 Å². The number of hydrogen-bond acceptors (Lipinski definition) is 2. The Hall–Kier alpha value is -0.974. The second kappa shape index (κ2) is 3.55. The fourth-order valence-electron chi connectivity index (χ4n) is 1.69. The van der Waals surface area contributed by atoms with Crippen LogP contribution in [0.15, 0.2) is 41.9 Å². The number of fused-ring (bicyclic) bond motifs is 1. The molecule has 3 aromatic rings. The monoisotopic (exact) mass is 268 g/mol. The van der Waals surface area contributed by atoms with Crippen LogP contribution in [0.3, 0.4) is 0 Å². The molecule has 2 radical (unpaired) electrons. The van der Waals surface area contributed by atoms with Gasteiger partial charge in [0.15, 0.2) is 0 Å². The average molecular weight is 269 g/mol. The molecule has 1 aromatic carbocycles. The first kappa shape index (κ1) is 9.27. The van der Waals surface area contributed by atoms with Crippen molar-refractivity contribution in [2.75, 3.05) is 0 Å².